The molecule has 0 rings (SSSR count). The lowest BCUT2D eigenvalue weighted by atomic mass is 10.0. The molecule has 0 aliphatic heterocycles. The number of carbonyl (C=O) groups excluding carboxylic acids is 4. The Kier molecular flexibility index (Phi) is 75.8. The van der Waals surface area contributed by atoms with Gasteiger partial charge in [-0.3, -0.25) is 37.3 Å². The summed E-state index contributed by atoms with van der Waals surface area (Å²) in [6.45, 7) is 4.50. The number of aliphatic hydroxyl groups is 1. The third kappa shape index (κ3) is 78.8. The molecule has 0 radical (unpaired) electrons. The van der Waals surface area contributed by atoms with Crippen molar-refractivity contribution in [3.8, 4) is 0 Å². The van der Waals surface area contributed by atoms with Crippen molar-refractivity contribution in [3.05, 3.63) is 158 Å². The summed E-state index contributed by atoms with van der Waals surface area (Å²) in [7, 11) is -10.0. The number of esters is 4. The SMILES string of the molecule is CC/C=C\C/C=C\C/C=C\C/C=C\C/C=C\CCCC(=O)OCC(COP(=O)(O)OCC(O)COP(=O)(O)OCC(COC(=O)CCCCCCCC/C=C\C/C=C\C/C=C\CCCCC)OC(=O)CCC/C=C\C/C=C\C/C=C\C/C=C\C/C=C\CC)OC(=O)CCCCCCCCCCCCCCCCC. The van der Waals surface area contributed by atoms with Crippen LogP contribution < -0.4 is 0 Å². The summed E-state index contributed by atoms with van der Waals surface area (Å²) in [5, 5.41) is 10.7. The van der Waals surface area contributed by atoms with E-state index in [1.165, 1.54) is 83.5 Å². The van der Waals surface area contributed by atoms with E-state index in [0.29, 0.717) is 38.5 Å². The van der Waals surface area contributed by atoms with Crippen LogP contribution in [0.2, 0.25) is 0 Å². The predicted octanol–water partition coefficient (Wildman–Crippen LogP) is 24.8. The van der Waals surface area contributed by atoms with Gasteiger partial charge in [0.05, 0.1) is 26.4 Å². The second-order valence-corrected chi connectivity index (χ2v) is 30.2. The zero-order valence-electron chi connectivity index (χ0n) is 67.5. The van der Waals surface area contributed by atoms with Gasteiger partial charge >= 0.3 is 39.5 Å². The van der Waals surface area contributed by atoms with Gasteiger partial charge in [0, 0.05) is 25.7 Å². The number of phosphoric ester groups is 2. The Morgan fingerprint density at radius 3 is 0.806 bits per heavy atom. The highest BCUT2D eigenvalue weighted by Gasteiger charge is 2.30. The van der Waals surface area contributed by atoms with Crippen molar-refractivity contribution in [2.45, 2.75) is 341 Å². The van der Waals surface area contributed by atoms with Gasteiger partial charge < -0.3 is 33.8 Å². The number of aliphatic hydroxyl groups excluding tert-OH is 1. The van der Waals surface area contributed by atoms with Crippen molar-refractivity contribution in [1.29, 1.82) is 0 Å². The number of hydrogen-bond acceptors (Lipinski definition) is 15. The van der Waals surface area contributed by atoms with Crippen LogP contribution in [0.5, 0.6) is 0 Å². The zero-order valence-corrected chi connectivity index (χ0v) is 69.3. The molecule has 0 aromatic carbocycles. The van der Waals surface area contributed by atoms with Crippen molar-refractivity contribution in [2.75, 3.05) is 39.6 Å². The predicted molar refractivity (Wildman–Crippen MR) is 445 cm³/mol. The van der Waals surface area contributed by atoms with E-state index in [1.807, 2.05) is 24.3 Å². The number of unbranched alkanes of at least 4 members (excludes halogenated alkanes) is 25. The first kappa shape index (κ1) is 103. The fourth-order valence-corrected chi connectivity index (χ4v) is 12.3. The molecule has 0 saturated carbocycles. The lowest BCUT2D eigenvalue weighted by Crippen LogP contribution is -2.30. The molecule has 0 fully saturated rings. The third-order valence-electron chi connectivity index (χ3n) is 17.0. The van der Waals surface area contributed by atoms with Crippen LogP contribution in [0.1, 0.15) is 323 Å². The van der Waals surface area contributed by atoms with Crippen molar-refractivity contribution >= 4 is 39.5 Å². The van der Waals surface area contributed by atoms with E-state index >= 15 is 0 Å². The number of phosphoric acid groups is 2. The molecule has 0 heterocycles. The Bertz CT molecular complexity index is 2660. The summed E-state index contributed by atoms with van der Waals surface area (Å²) in [6, 6.07) is 0. The summed E-state index contributed by atoms with van der Waals surface area (Å²) < 4.78 is 68.6. The lowest BCUT2D eigenvalue weighted by Gasteiger charge is -2.21. The Morgan fingerprint density at radius 2 is 0.491 bits per heavy atom. The van der Waals surface area contributed by atoms with Crippen molar-refractivity contribution in [1.82, 2.24) is 0 Å². The van der Waals surface area contributed by atoms with Crippen LogP contribution in [0.3, 0.4) is 0 Å². The molecule has 0 aromatic heterocycles. The van der Waals surface area contributed by atoms with Gasteiger partial charge in [-0.1, -0.05) is 314 Å². The molecule has 0 amide bonds. The second-order valence-electron chi connectivity index (χ2n) is 27.3. The van der Waals surface area contributed by atoms with Crippen LogP contribution in [0.15, 0.2) is 158 Å². The first-order valence-electron chi connectivity index (χ1n) is 41.7. The van der Waals surface area contributed by atoms with E-state index in [0.717, 1.165) is 148 Å². The molecule has 0 saturated heterocycles. The summed E-state index contributed by atoms with van der Waals surface area (Å²) >= 11 is 0. The molecule has 0 aromatic rings. The minimum Gasteiger partial charge on any atom is -0.462 e. The largest absolute Gasteiger partial charge is 0.472 e. The highest BCUT2D eigenvalue weighted by atomic mass is 31.2. The minimum absolute atomic E-state index is 0.00791. The molecule has 5 atom stereocenters. The fraction of sp³-hybridized carbons (Fsp3) is 0.663. The van der Waals surface area contributed by atoms with Gasteiger partial charge in [0.15, 0.2) is 12.2 Å². The summed E-state index contributed by atoms with van der Waals surface area (Å²) in [6.07, 6.45) is 93.7. The molecule has 0 spiro atoms. The Balaban J connectivity index is 5.48. The summed E-state index contributed by atoms with van der Waals surface area (Å²) in [5.74, 6) is -2.32. The molecule has 616 valence electrons. The van der Waals surface area contributed by atoms with Gasteiger partial charge in [0.2, 0.25) is 0 Å². The van der Waals surface area contributed by atoms with Crippen LogP contribution in [0.4, 0.5) is 0 Å². The van der Waals surface area contributed by atoms with Gasteiger partial charge in [0.1, 0.15) is 19.3 Å². The highest BCUT2D eigenvalue weighted by Crippen LogP contribution is 2.45. The summed E-state index contributed by atoms with van der Waals surface area (Å²) in [4.78, 5) is 73.1. The summed E-state index contributed by atoms with van der Waals surface area (Å²) in [5.41, 5.74) is 0. The van der Waals surface area contributed by atoms with Crippen LogP contribution in [0, 0.1) is 0 Å². The minimum atomic E-state index is -5.01. The topological polar surface area (TPSA) is 237 Å². The highest BCUT2D eigenvalue weighted by molar-refractivity contribution is 7.47. The number of allylic oxidation sites excluding steroid dienone is 26. The molecule has 0 bridgehead atoms. The van der Waals surface area contributed by atoms with Crippen LogP contribution in [-0.4, -0.2) is 96.7 Å². The maximum atomic E-state index is 13.1. The average molecular weight is 1550 g/mol. The smallest absolute Gasteiger partial charge is 0.462 e. The van der Waals surface area contributed by atoms with Crippen LogP contribution >= 0.6 is 15.6 Å². The standard InChI is InChI=1S/C89H148O17P2/c1-5-9-13-17-21-25-29-33-37-40-41-44-47-50-54-58-62-66-70-74-87(92)100-80-85(106-89(94)76-72-68-64-60-56-52-48-43-39-35-31-27-23-19-15-11-7-3)82-104-108(97,98)102-78-83(90)77-101-107(95,96)103-81-84(105-88(93)75-71-67-63-59-55-51-45-36-32-28-24-20-16-12-8-4)79-99-86(91)73-69-65-61-57-53-49-46-42-38-34-30-26-22-18-14-10-6-2/h10-11,14-15,21-23,25-27,33-35,37-39,41,44,46,48-49,52,57,60-61,64,83-85,90H,5-9,12-13,16-20,24,28-32,36,40,42-43,45,47,50-51,53-56,58-59,62-63,65-82H2,1-4H3,(H,95,96)(H,97,98)/b14-10-,15-11-,25-21-,26-22-,27-23-,37-33-,38-34-,39-35-,44-41-,49-46-,52-48-,61-57-,64-60-. The molecule has 108 heavy (non-hydrogen) atoms. The third-order valence-corrected chi connectivity index (χ3v) is 18.9. The van der Waals surface area contributed by atoms with Gasteiger partial charge in [-0.05, 0) is 141 Å². The molecule has 19 heteroatoms. The number of carbonyl (C=O) groups is 4. The van der Waals surface area contributed by atoms with Crippen LogP contribution in [0.25, 0.3) is 0 Å². The van der Waals surface area contributed by atoms with E-state index in [-0.39, 0.29) is 25.7 Å². The number of hydrogen-bond donors (Lipinski definition) is 3. The first-order chi connectivity index (χ1) is 52.7. The monoisotopic (exact) mass is 1550 g/mol. The van der Waals surface area contributed by atoms with Crippen molar-refractivity contribution in [2.24, 2.45) is 0 Å². The van der Waals surface area contributed by atoms with E-state index in [4.69, 9.17) is 37.0 Å². The second kappa shape index (κ2) is 79.8. The Morgan fingerprint density at radius 1 is 0.269 bits per heavy atom. The van der Waals surface area contributed by atoms with Crippen LogP contribution in [-0.2, 0) is 65.4 Å². The maximum absolute atomic E-state index is 13.1. The first-order valence-corrected chi connectivity index (χ1v) is 44.7. The van der Waals surface area contributed by atoms with Gasteiger partial charge in [-0.2, -0.15) is 0 Å². The van der Waals surface area contributed by atoms with E-state index in [1.54, 1.807) is 0 Å². The molecule has 3 N–H and O–H groups in total. The number of rotatable bonds is 77. The van der Waals surface area contributed by atoms with E-state index < -0.39 is 97.5 Å². The molecule has 5 unspecified atom stereocenters. The quantitative estimate of drug-likeness (QED) is 0.0169. The van der Waals surface area contributed by atoms with Crippen molar-refractivity contribution in [3.63, 3.8) is 0 Å². The Hall–Kier alpha value is -5.32. The molecular weight excluding hydrogens is 1400 g/mol. The zero-order chi connectivity index (χ0) is 78.9. The van der Waals surface area contributed by atoms with Gasteiger partial charge in [0.25, 0.3) is 0 Å². The average Bonchev–Trinajstić information content (AvgIpc) is 0.906. The normalized spacial score (nSPS) is 14.6. The van der Waals surface area contributed by atoms with Gasteiger partial charge in [-0.25, -0.2) is 9.13 Å². The maximum Gasteiger partial charge on any atom is 0.472 e. The van der Waals surface area contributed by atoms with Gasteiger partial charge in [-0.15, -0.1) is 0 Å². The van der Waals surface area contributed by atoms with Crippen molar-refractivity contribution < 1.29 is 80.2 Å². The molecule has 0 aliphatic carbocycles. The van der Waals surface area contributed by atoms with E-state index in [9.17, 15) is 43.2 Å². The number of ether oxygens (including phenoxy) is 4. The molecular formula is C89H148O17P2. The molecule has 0 aliphatic rings. The fourth-order valence-electron chi connectivity index (χ4n) is 10.7. The Labute approximate surface area is 655 Å². The lowest BCUT2D eigenvalue weighted by molar-refractivity contribution is -0.161. The van der Waals surface area contributed by atoms with E-state index in [2.05, 4.69) is 161 Å². The molecule has 17 nitrogen and oxygen atoms in total.